The normalized spacial score (nSPS) is 10.8. The monoisotopic (exact) mass is 572 g/mol. The summed E-state index contributed by atoms with van der Waals surface area (Å²) in [6.07, 6.45) is 3.50. The lowest BCUT2D eigenvalue weighted by molar-refractivity contribution is -0.384. The number of nitro groups is 1. The van der Waals surface area contributed by atoms with Crippen LogP contribution in [0.3, 0.4) is 0 Å². The van der Waals surface area contributed by atoms with Gasteiger partial charge in [0.1, 0.15) is 24.7 Å². The Labute approximate surface area is 247 Å². The number of rotatable bonds is 11. The van der Waals surface area contributed by atoms with Gasteiger partial charge in [-0.2, -0.15) is 0 Å². The van der Waals surface area contributed by atoms with Crippen LogP contribution in [0.15, 0.2) is 73.1 Å². The second-order valence-electron chi connectivity index (χ2n) is 10.4. The Bertz CT molecular complexity index is 1480. The van der Waals surface area contributed by atoms with Gasteiger partial charge in [0.05, 0.1) is 11.0 Å². The number of nitrogens with zero attached hydrogens (tertiary/aromatic N) is 5. The molecule has 42 heavy (non-hydrogen) atoms. The van der Waals surface area contributed by atoms with E-state index >= 15 is 0 Å². The molecule has 0 aliphatic carbocycles. The Hall–Kier alpha value is -4.54. The third-order valence-corrected chi connectivity index (χ3v) is 6.11. The molecule has 10 heteroatoms. The molecule has 222 valence electrons. The second kappa shape index (κ2) is 15.5. The highest BCUT2D eigenvalue weighted by Crippen LogP contribution is 2.30. The average molecular weight is 573 g/mol. The first-order chi connectivity index (χ1) is 20.0. The molecule has 0 saturated carbocycles. The zero-order valence-corrected chi connectivity index (χ0v) is 25.2. The summed E-state index contributed by atoms with van der Waals surface area (Å²) in [5, 5.41) is 11.1. The van der Waals surface area contributed by atoms with E-state index in [9.17, 15) is 10.1 Å². The molecule has 0 spiro atoms. The van der Waals surface area contributed by atoms with Gasteiger partial charge in [0.25, 0.3) is 5.69 Å². The van der Waals surface area contributed by atoms with Gasteiger partial charge in [-0.15, -0.1) is 0 Å². The maximum Gasteiger partial charge on any atom is 0.273 e. The minimum Gasteiger partial charge on any atom is -0.492 e. The van der Waals surface area contributed by atoms with Crippen LogP contribution < -0.4 is 15.2 Å². The molecule has 0 saturated heterocycles. The van der Waals surface area contributed by atoms with E-state index in [-0.39, 0.29) is 5.69 Å². The smallest absolute Gasteiger partial charge is 0.273 e. The lowest BCUT2D eigenvalue weighted by Gasteiger charge is -2.13. The molecule has 10 nitrogen and oxygen atoms in total. The Morgan fingerprint density at radius 3 is 1.64 bits per heavy atom. The Morgan fingerprint density at radius 1 is 0.714 bits per heavy atom. The topological polar surface area (TPSA) is 120 Å². The van der Waals surface area contributed by atoms with Crippen LogP contribution in [-0.2, 0) is 0 Å². The average Bonchev–Trinajstić information content (AvgIpc) is 2.92. The number of aromatic nitrogens is 2. The van der Waals surface area contributed by atoms with Crippen molar-refractivity contribution in [1.82, 2.24) is 19.8 Å². The molecule has 2 heterocycles. The van der Waals surface area contributed by atoms with Gasteiger partial charge in [-0.05, 0) is 107 Å². The van der Waals surface area contributed by atoms with Crippen molar-refractivity contribution in [3.05, 3.63) is 94.6 Å². The van der Waals surface area contributed by atoms with Gasteiger partial charge >= 0.3 is 0 Å². The van der Waals surface area contributed by atoms with E-state index in [1.165, 1.54) is 6.07 Å². The fraction of sp³-hybridized carbons (Fsp3) is 0.312. The number of aryl methyl sites for hydroxylation is 2. The second-order valence-corrected chi connectivity index (χ2v) is 10.4. The summed E-state index contributed by atoms with van der Waals surface area (Å²) in [5.41, 5.74) is 12.3. The Kier molecular flexibility index (Phi) is 11.8. The van der Waals surface area contributed by atoms with Crippen molar-refractivity contribution in [3.63, 3.8) is 0 Å². The maximum atomic E-state index is 11.1. The summed E-state index contributed by atoms with van der Waals surface area (Å²) in [6.45, 7) is 6.60. The number of nitrogens with two attached hydrogens (primary N) is 1. The van der Waals surface area contributed by atoms with Crippen LogP contribution in [0, 0.1) is 24.0 Å². The van der Waals surface area contributed by atoms with Crippen LogP contribution in [0.4, 0.5) is 11.4 Å². The van der Waals surface area contributed by atoms with E-state index in [0.717, 1.165) is 52.5 Å². The van der Waals surface area contributed by atoms with Crippen molar-refractivity contribution in [2.24, 2.45) is 0 Å². The Morgan fingerprint density at radius 2 is 1.19 bits per heavy atom. The van der Waals surface area contributed by atoms with E-state index < -0.39 is 4.92 Å². The third-order valence-electron chi connectivity index (χ3n) is 6.11. The van der Waals surface area contributed by atoms with Gasteiger partial charge in [-0.25, -0.2) is 0 Å². The highest BCUT2D eigenvalue weighted by Gasteiger charge is 2.12. The molecular formula is C32H40N6O4. The molecule has 0 bridgehead atoms. The van der Waals surface area contributed by atoms with Gasteiger partial charge in [-0.1, -0.05) is 0 Å². The summed E-state index contributed by atoms with van der Waals surface area (Å²) in [5.74, 6) is 1.30. The number of pyridine rings is 2. The fourth-order valence-corrected chi connectivity index (χ4v) is 3.95. The molecular weight excluding hydrogens is 532 g/mol. The van der Waals surface area contributed by atoms with Crippen molar-refractivity contribution in [1.29, 1.82) is 0 Å². The molecule has 0 fully saturated rings. The predicted molar refractivity (Wildman–Crippen MR) is 168 cm³/mol. The van der Waals surface area contributed by atoms with Gasteiger partial charge in [0.2, 0.25) is 0 Å². The predicted octanol–water partition coefficient (Wildman–Crippen LogP) is 5.49. The molecule has 2 aromatic carbocycles. The number of nitrogen functional groups attached to an aromatic ring is 1. The quantitative estimate of drug-likeness (QED) is 0.141. The van der Waals surface area contributed by atoms with Crippen LogP contribution in [0.1, 0.15) is 11.4 Å². The van der Waals surface area contributed by atoms with E-state index in [1.54, 1.807) is 18.5 Å². The molecule has 2 N–H and O–H groups in total. The number of benzene rings is 2. The lowest BCUT2D eigenvalue weighted by Crippen LogP contribution is -2.19. The molecule has 0 aliphatic heterocycles. The first kappa shape index (κ1) is 32.0. The number of anilines is 1. The number of non-ortho nitro benzene ring substituents is 1. The molecule has 4 rings (SSSR count). The van der Waals surface area contributed by atoms with Crippen LogP contribution in [0.5, 0.6) is 11.5 Å². The van der Waals surface area contributed by atoms with Crippen LogP contribution in [0.25, 0.3) is 22.3 Å². The molecule has 0 radical (unpaired) electrons. The van der Waals surface area contributed by atoms with Gasteiger partial charge < -0.3 is 25.0 Å². The molecule has 0 atom stereocenters. The van der Waals surface area contributed by atoms with Crippen molar-refractivity contribution >= 4 is 11.4 Å². The summed E-state index contributed by atoms with van der Waals surface area (Å²) >= 11 is 0. The van der Waals surface area contributed by atoms with E-state index in [0.29, 0.717) is 24.7 Å². The first-order valence-corrected chi connectivity index (χ1v) is 13.6. The van der Waals surface area contributed by atoms with E-state index in [4.69, 9.17) is 15.2 Å². The largest absolute Gasteiger partial charge is 0.492 e. The summed E-state index contributed by atoms with van der Waals surface area (Å²) < 4.78 is 11.4. The molecule has 2 aromatic heterocycles. The number of ether oxygens (including phenoxy) is 2. The molecule has 0 amide bonds. The molecule has 0 unspecified atom stereocenters. The van der Waals surface area contributed by atoms with Crippen molar-refractivity contribution in [2.75, 3.05) is 60.2 Å². The zero-order chi connectivity index (χ0) is 30.6. The van der Waals surface area contributed by atoms with Crippen LogP contribution in [0.2, 0.25) is 0 Å². The first-order valence-electron chi connectivity index (χ1n) is 13.6. The zero-order valence-electron chi connectivity index (χ0n) is 25.2. The standard InChI is InChI=1S/C16H19N3O3.C16H21N3O/c1-12-8-13(4-5-17-12)14-9-15(19(20)21)11-16(10-14)22-7-6-18(2)3;1-12-8-13(4-5-18-12)14-9-15(17)11-16(10-14)20-7-6-19(2)3/h4-5,8-11H,6-7H2,1-3H3;4-5,8-11H,6-7,17H2,1-3H3. The number of likely N-dealkylation sites (N-methyl/N-ethyl adjacent to an activating group) is 2. The SMILES string of the molecule is Cc1cc(-c2cc(N)cc(OCCN(C)C)c2)ccn1.Cc1cc(-c2cc(OCCN(C)C)cc([N+](=O)[O-])c2)ccn1. The number of hydrogen-bond acceptors (Lipinski definition) is 9. The molecule has 0 aliphatic rings. The van der Waals surface area contributed by atoms with Crippen molar-refractivity contribution < 1.29 is 14.4 Å². The maximum absolute atomic E-state index is 11.1. The minimum atomic E-state index is -0.406. The van der Waals surface area contributed by atoms with E-state index in [1.807, 2.05) is 95.5 Å². The fourth-order valence-electron chi connectivity index (χ4n) is 3.95. The molecule has 4 aromatic rings. The lowest BCUT2D eigenvalue weighted by atomic mass is 10.1. The number of hydrogen-bond donors (Lipinski definition) is 1. The third kappa shape index (κ3) is 10.5. The van der Waals surface area contributed by atoms with Gasteiger partial charge in [0, 0.05) is 54.7 Å². The van der Waals surface area contributed by atoms with Crippen molar-refractivity contribution in [3.8, 4) is 33.8 Å². The van der Waals surface area contributed by atoms with Crippen LogP contribution in [-0.4, -0.2) is 79.2 Å². The van der Waals surface area contributed by atoms with E-state index in [2.05, 4.69) is 14.9 Å². The van der Waals surface area contributed by atoms with Crippen molar-refractivity contribution in [2.45, 2.75) is 13.8 Å². The number of nitro benzene ring substituents is 1. The highest BCUT2D eigenvalue weighted by molar-refractivity contribution is 5.70. The minimum absolute atomic E-state index is 0.0202. The highest BCUT2D eigenvalue weighted by atomic mass is 16.6. The summed E-state index contributed by atoms with van der Waals surface area (Å²) in [4.78, 5) is 23.1. The summed E-state index contributed by atoms with van der Waals surface area (Å²) in [6, 6.07) is 18.4. The van der Waals surface area contributed by atoms with Gasteiger partial charge in [0.15, 0.2) is 0 Å². The summed E-state index contributed by atoms with van der Waals surface area (Å²) in [7, 11) is 7.94. The van der Waals surface area contributed by atoms with Crippen LogP contribution >= 0.6 is 0 Å². The Balaban J connectivity index is 0.000000231. The van der Waals surface area contributed by atoms with Gasteiger partial charge in [-0.3, -0.25) is 20.1 Å².